The third-order valence-electron chi connectivity index (χ3n) is 3.36. The van der Waals surface area contributed by atoms with E-state index < -0.39 is 0 Å². The van der Waals surface area contributed by atoms with Crippen molar-refractivity contribution in [1.82, 2.24) is 5.43 Å². The van der Waals surface area contributed by atoms with Gasteiger partial charge in [0.15, 0.2) is 6.61 Å². The number of carbonyl (C=O) groups excluding carboxylic acids is 1. The van der Waals surface area contributed by atoms with Crippen LogP contribution in [0.1, 0.15) is 24.5 Å². The number of hydrazone groups is 1. The highest BCUT2D eigenvalue weighted by atomic mass is 16.5. The predicted octanol–water partition coefficient (Wildman–Crippen LogP) is 3.18. The summed E-state index contributed by atoms with van der Waals surface area (Å²) >= 11 is 0. The van der Waals surface area contributed by atoms with Gasteiger partial charge in [0.05, 0.1) is 13.3 Å². The van der Waals surface area contributed by atoms with Crippen molar-refractivity contribution in [2.75, 3.05) is 13.7 Å². The van der Waals surface area contributed by atoms with Gasteiger partial charge in [0.2, 0.25) is 0 Å². The summed E-state index contributed by atoms with van der Waals surface area (Å²) in [6.45, 7) is 2.05. The number of nitrogens with one attached hydrogen (secondary N) is 1. The quantitative estimate of drug-likeness (QED) is 0.599. The van der Waals surface area contributed by atoms with E-state index >= 15 is 0 Å². The Hall–Kier alpha value is -2.82. The van der Waals surface area contributed by atoms with Crippen LogP contribution < -0.4 is 14.9 Å². The number of ether oxygens (including phenoxy) is 2. The molecule has 1 amide bonds. The van der Waals surface area contributed by atoms with Crippen LogP contribution in [0.25, 0.3) is 0 Å². The zero-order chi connectivity index (χ0) is 17.2. The second-order valence-electron chi connectivity index (χ2n) is 5.22. The van der Waals surface area contributed by atoms with Crippen molar-refractivity contribution in [3.63, 3.8) is 0 Å². The van der Waals surface area contributed by atoms with Gasteiger partial charge in [-0.3, -0.25) is 4.79 Å². The number of methoxy groups -OCH3 is 1. The lowest BCUT2D eigenvalue weighted by molar-refractivity contribution is -0.123. The fourth-order valence-electron chi connectivity index (χ4n) is 2.17. The second-order valence-corrected chi connectivity index (χ2v) is 5.22. The van der Waals surface area contributed by atoms with Gasteiger partial charge in [-0.05, 0) is 36.2 Å². The van der Waals surface area contributed by atoms with Gasteiger partial charge in [-0.2, -0.15) is 5.10 Å². The molecule has 5 nitrogen and oxygen atoms in total. The average molecular weight is 326 g/mol. The molecular formula is C19H22N2O3. The summed E-state index contributed by atoms with van der Waals surface area (Å²) in [6.07, 6.45) is 3.68. The molecule has 126 valence electrons. The van der Waals surface area contributed by atoms with Crippen molar-refractivity contribution in [1.29, 1.82) is 0 Å². The molecule has 24 heavy (non-hydrogen) atoms. The van der Waals surface area contributed by atoms with Crippen LogP contribution in [-0.2, 0) is 11.2 Å². The van der Waals surface area contributed by atoms with Crippen LogP contribution in [0.5, 0.6) is 11.5 Å². The van der Waals surface area contributed by atoms with Crippen LogP contribution in [0.2, 0.25) is 0 Å². The van der Waals surface area contributed by atoms with Crippen molar-refractivity contribution in [3.05, 3.63) is 59.7 Å². The summed E-state index contributed by atoms with van der Waals surface area (Å²) in [7, 11) is 1.59. The number of hydrogen-bond donors (Lipinski definition) is 1. The van der Waals surface area contributed by atoms with Gasteiger partial charge >= 0.3 is 0 Å². The monoisotopic (exact) mass is 326 g/mol. The summed E-state index contributed by atoms with van der Waals surface area (Å²) in [5, 5.41) is 3.92. The molecule has 0 aliphatic carbocycles. The number of hydrogen-bond acceptors (Lipinski definition) is 4. The minimum atomic E-state index is -0.321. The Morgan fingerprint density at radius 2 is 1.92 bits per heavy atom. The van der Waals surface area contributed by atoms with Gasteiger partial charge in [-0.25, -0.2) is 5.43 Å². The zero-order valence-corrected chi connectivity index (χ0v) is 14.0. The number of aryl methyl sites for hydroxylation is 1. The van der Waals surface area contributed by atoms with Gasteiger partial charge in [-0.1, -0.05) is 37.6 Å². The van der Waals surface area contributed by atoms with Crippen LogP contribution in [0.4, 0.5) is 0 Å². The minimum absolute atomic E-state index is 0.0869. The fraction of sp³-hybridized carbons (Fsp3) is 0.263. The molecule has 5 heteroatoms. The Kier molecular flexibility index (Phi) is 6.83. The lowest BCUT2D eigenvalue weighted by Gasteiger charge is -2.06. The van der Waals surface area contributed by atoms with Crippen LogP contribution in [-0.4, -0.2) is 25.8 Å². The molecule has 0 radical (unpaired) electrons. The average Bonchev–Trinajstić information content (AvgIpc) is 2.62. The normalized spacial score (nSPS) is 10.6. The highest BCUT2D eigenvalue weighted by molar-refractivity contribution is 5.85. The third-order valence-corrected chi connectivity index (χ3v) is 3.36. The number of para-hydroxylation sites is 1. The highest BCUT2D eigenvalue weighted by Gasteiger charge is 2.02. The molecule has 0 aliphatic rings. The minimum Gasteiger partial charge on any atom is -0.496 e. The van der Waals surface area contributed by atoms with E-state index in [9.17, 15) is 4.79 Å². The van der Waals surface area contributed by atoms with Gasteiger partial charge in [0.1, 0.15) is 11.5 Å². The van der Waals surface area contributed by atoms with Crippen molar-refractivity contribution in [2.24, 2.45) is 5.10 Å². The van der Waals surface area contributed by atoms with Crippen LogP contribution >= 0.6 is 0 Å². The summed E-state index contributed by atoms with van der Waals surface area (Å²) in [5.41, 5.74) is 4.48. The lowest BCUT2D eigenvalue weighted by atomic mass is 10.1. The molecule has 0 heterocycles. The van der Waals surface area contributed by atoms with Gasteiger partial charge in [-0.15, -0.1) is 0 Å². The fourth-order valence-corrected chi connectivity index (χ4v) is 2.17. The molecule has 2 aromatic carbocycles. The van der Waals surface area contributed by atoms with Gasteiger partial charge in [0.25, 0.3) is 5.91 Å². The number of nitrogens with zero attached hydrogens (tertiary/aromatic N) is 1. The second kappa shape index (κ2) is 9.35. The molecule has 0 unspecified atom stereocenters. The molecule has 0 aliphatic heterocycles. The Morgan fingerprint density at radius 3 is 2.62 bits per heavy atom. The summed E-state index contributed by atoms with van der Waals surface area (Å²) < 4.78 is 10.6. The van der Waals surface area contributed by atoms with Crippen LogP contribution in [0, 0.1) is 0 Å². The van der Waals surface area contributed by atoms with Gasteiger partial charge in [0, 0.05) is 5.56 Å². The van der Waals surface area contributed by atoms with E-state index in [1.807, 2.05) is 48.5 Å². The third kappa shape index (κ3) is 5.43. The number of amides is 1. The zero-order valence-electron chi connectivity index (χ0n) is 14.0. The Labute approximate surface area is 142 Å². The molecular weight excluding hydrogens is 304 g/mol. The standard InChI is InChI=1S/C19H22N2O3/c1-3-6-15-9-11-17(12-10-15)24-14-19(22)21-20-13-16-7-4-5-8-18(16)23-2/h4-5,7-13H,3,6,14H2,1-2H3,(H,21,22). The smallest absolute Gasteiger partial charge is 0.277 e. The Bertz CT molecular complexity index is 681. The van der Waals surface area contributed by atoms with E-state index in [-0.39, 0.29) is 12.5 Å². The van der Waals surface area contributed by atoms with E-state index in [4.69, 9.17) is 9.47 Å². The summed E-state index contributed by atoms with van der Waals surface area (Å²) in [4.78, 5) is 11.7. The van der Waals surface area contributed by atoms with E-state index in [0.717, 1.165) is 18.4 Å². The van der Waals surface area contributed by atoms with Crippen LogP contribution in [0.15, 0.2) is 53.6 Å². The molecule has 2 rings (SSSR count). The molecule has 0 saturated carbocycles. The molecule has 0 spiro atoms. The molecule has 2 aromatic rings. The molecule has 0 saturated heterocycles. The van der Waals surface area contributed by atoms with Crippen molar-refractivity contribution in [3.8, 4) is 11.5 Å². The van der Waals surface area contributed by atoms with E-state index in [2.05, 4.69) is 17.5 Å². The van der Waals surface area contributed by atoms with E-state index in [1.54, 1.807) is 7.11 Å². The van der Waals surface area contributed by atoms with Crippen LogP contribution in [0.3, 0.4) is 0 Å². The Morgan fingerprint density at radius 1 is 1.17 bits per heavy atom. The maximum Gasteiger partial charge on any atom is 0.277 e. The SMILES string of the molecule is CCCc1ccc(OCC(=O)NN=Cc2ccccc2OC)cc1. The molecule has 0 atom stereocenters. The van der Waals surface area contributed by atoms with Gasteiger partial charge < -0.3 is 9.47 Å². The predicted molar refractivity (Wildman–Crippen MR) is 94.7 cm³/mol. The van der Waals surface area contributed by atoms with E-state index in [1.165, 1.54) is 11.8 Å². The first-order valence-corrected chi connectivity index (χ1v) is 7.89. The largest absolute Gasteiger partial charge is 0.496 e. The van der Waals surface area contributed by atoms with Crippen molar-refractivity contribution < 1.29 is 14.3 Å². The first-order valence-electron chi connectivity index (χ1n) is 7.89. The number of rotatable bonds is 8. The summed E-state index contributed by atoms with van der Waals surface area (Å²) in [6, 6.07) is 15.2. The first kappa shape index (κ1) is 17.5. The Balaban J connectivity index is 1.79. The molecule has 0 bridgehead atoms. The lowest BCUT2D eigenvalue weighted by Crippen LogP contribution is -2.24. The maximum absolute atomic E-state index is 11.7. The van der Waals surface area contributed by atoms with E-state index in [0.29, 0.717) is 11.5 Å². The first-order chi connectivity index (χ1) is 11.7. The maximum atomic E-state index is 11.7. The highest BCUT2D eigenvalue weighted by Crippen LogP contribution is 2.14. The molecule has 0 fully saturated rings. The molecule has 1 N–H and O–H groups in total. The topological polar surface area (TPSA) is 59.9 Å². The molecule has 0 aromatic heterocycles. The number of carbonyl (C=O) groups is 1. The van der Waals surface area contributed by atoms with Crippen molar-refractivity contribution in [2.45, 2.75) is 19.8 Å². The summed E-state index contributed by atoms with van der Waals surface area (Å²) in [5.74, 6) is 1.04. The number of benzene rings is 2. The van der Waals surface area contributed by atoms with Crippen molar-refractivity contribution >= 4 is 12.1 Å².